The average molecular weight is 1000 g/mol. The third kappa shape index (κ3) is 6.31. The number of hydrogen-bond acceptors (Lipinski definition) is 5. The molecule has 4 aliphatic rings. The van der Waals surface area contributed by atoms with Crippen LogP contribution in [0, 0.1) is 0 Å². The lowest BCUT2D eigenvalue weighted by atomic mass is 9.33. The highest BCUT2D eigenvalue weighted by Gasteiger charge is 2.58. The Labute approximate surface area is 451 Å². The molecule has 1 fully saturated rings. The monoisotopic (exact) mass is 1000 g/mol. The van der Waals surface area contributed by atoms with Gasteiger partial charge in [0.05, 0.1) is 27.3 Å². The van der Waals surface area contributed by atoms with Crippen LogP contribution in [-0.4, -0.2) is 12.3 Å². The van der Waals surface area contributed by atoms with Crippen LogP contribution in [0.3, 0.4) is 0 Å². The number of thiophene rings is 1. The molecule has 5 heterocycles. The van der Waals surface area contributed by atoms with Gasteiger partial charge in [0.2, 0.25) is 0 Å². The van der Waals surface area contributed by atoms with Crippen molar-refractivity contribution >= 4 is 122 Å². The molecule has 2 atom stereocenters. The Bertz CT molecular complexity index is 4230. The van der Waals surface area contributed by atoms with Crippen molar-refractivity contribution < 1.29 is 4.42 Å². The number of furan rings is 1. The van der Waals surface area contributed by atoms with Crippen molar-refractivity contribution in [1.82, 2.24) is 0 Å². The summed E-state index contributed by atoms with van der Waals surface area (Å²) in [5.41, 5.74) is 21.5. The van der Waals surface area contributed by atoms with Crippen molar-refractivity contribution in [2.24, 2.45) is 0 Å². The number of nitrogens with zero attached hydrogens (tertiary/aromatic N) is 3. The highest BCUT2D eigenvalue weighted by atomic mass is 32.1. The standard InChI is InChI=1S/C70H62BN3OS/c1-67(2,3)44-31-35-55(51(39-44)43-21-10-9-11-22-43)73-60-42-46(74-56-27-15-14-26-52(56)69(7)37-18-19-38-70(69,74)8)41-59-63(60)71(53-34-33-50-48-24-13-17-30-62(48)76-66(50)64(53)73)54-40-45(68(4,5)6)32-36-57(54)72(59)58-28-20-25-49-47-23-12-16-29-61(47)75-65(49)58/h9-17,20-36,39-42H,18-19,37-38H2,1-8H3. The van der Waals surface area contributed by atoms with Crippen LogP contribution >= 0.6 is 11.3 Å². The van der Waals surface area contributed by atoms with Crippen LogP contribution in [-0.2, 0) is 16.2 Å². The fourth-order valence-electron chi connectivity index (χ4n) is 14.4. The zero-order chi connectivity index (χ0) is 51.6. The topological polar surface area (TPSA) is 22.9 Å². The Kier molecular flexibility index (Phi) is 9.65. The first-order valence-corrected chi connectivity index (χ1v) is 28.4. The van der Waals surface area contributed by atoms with Crippen LogP contribution in [0.5, 0.6) is 0 Å². The van der Waals surface area contributed by atoms with Gasteiger partial charge < -0.3 is 19.1 Å². The number of fused-ring (bicyclic) bond motifs is 14. The van der Waals surface area contributed by atoms with Gasteiger partial charge in [0, 0.05) is 65.7 Å². The Morgan fingerprint density at radius 3 is 1.97 bits per heavy atom. The van der Waals surface area contributed by atoms with E-state index in [1.807, 2.05) is 11.3 Å². The fourth-order valence-corrected chi connectivity index (χ4v) is 15.7. The van der Waals surface area contributed by atoms with Crippen molar-refractivity contribution in [1.29, 1.82) is 0 Å². The van der Waals surface area contributed by atoms with Crippen molar-refractivity contribution in [3.63, 3.8) is 0 Å². The lowest BCUT2D eigenvalue weighted by Crippen LogP contribution is -2.61. The minimum Gasteiger partial charge on any atom is -0.454 e. The van der Waals surface area contributed by atoms with Gasteiger partial charge in [-0.25, -0.2) is 0 Å². The summed E-state index contributed by atoms with van der Waals surface area (Å²) in [6.07, 6.45) is 4.69. The molecule has 0 radical (unpaired) electrons. The first kappa shape index (κ1) is 45.8. The molecule has 0 saturated heterocycles. The molecule has 11 aromatic rings. The molecule has 0 spiro atoms. The largest absolute Gasteiger partial charge is 0.454 e. The number of benzene rings is 9. The van der Waals surface area contributed by atoms with Crippen molar-refractivity contribution in [3.05, 3.63) is 199 Å². The molecule has 6 heteroatoms. The van der Waals surface area contributed by atoms with Gasteiger partial charge in [0.15, 0.2) is 5.58 Å². The van der Waals surface area contributed by atoms with Gasteiger partial charge in [-0.15, -0.1) is 11.3 Å². The highest BCUT2D eigenvalue weighted by Crippen LogP contribution is 2.62. The van der Waals surface area contributed by atoms with Crippen molar-refractivity contribution in [2.75, 3.05) is 14.7 Å². The van der Waals surface area contributed by atoms with Crippen LogP contribution in [0.25, 0.3) is 53.2 Å². The second kappa shape index (κ2) is 16.0. The Morgan fingerprint density at radius 2 is 1.17 bits per heavy atom. The summed E-state index contributed by atoms with van der Waals surface area (Å²) in [6.45, 7) is 19.1. The summed E-state index contributed by atoms with van der Waals surface area (Å²) in [6, 6.07) is 69.7. The molecule has 4 nitrogen and oxygen atoms in total. The van der Waals surface area contributed by atoms with Crippen LogP contribution in [0.15, 0.2) is 186 Å². The minimum absolute atomic E-state index is 0.0359. The molecule has 372 valence electrons. The molecule has 0 bridgehead atoms. The molecule has 9 aromatic carbocycles. The quantitative estimate of drug-likeness (QED) is 0.164. The van der Waals surface area contributed by atoms with Crippen LogP contribution < -0.4 is 31.1 Å². The zero-order valence-corrected chi connectivity index (χ0v) is 45.7. The van der Waals surface area contributed by atoms with E-state index >= 15 is 0 Å². The number of rotatable bonds is 4. The average Bonchev–Trinajstić information content (AvgIpc) is 4.20. The molecule has 1 saturated carbocycles. The maximum Gasteiger partial charge on any atom is 0.252 e. The molecular formula is C70H62BN3OS. The second-order valence-corrected chi connectivity index (χ2v) is 25.8. The van der Waals surface area contributed by atoms with E-state index < -0.39 is 0 Å². The molecule has 1 aliphatic carbocycles. The Hall–Kier alpha value is -7.54. The van der Waals surface area contributed by atoms with E-state index in [0.717, 1.165) is 40.5 Å². The van der Waals surface area contributed by atoms with E-state index in [1.165, 1.54) is 117 Å². The van der Waals surface area contributed by atoms with E-state index in [9.17, 15) is 0 Å². The summed E-state index contributed by atoms with van der Waals surface area (Å²) in [7, 11) is 0. The first-order chi connectivity index (χ1) is 36.7. The van der Waals surface area contributed by atoms with E-state index in [2.05, 4.69) is 252 Å². The van der Waals surface area contributed by atoms with Gasteiger partial charge in [-0.05, 0) is 124 Å². The molecule has 2 aromatic heterocycles. The fraction of sp³-hybridized carbons (Fsp3) is 0.229. The number of hydrogen-bond donors (Lipinski definition) is 0. The Morgan fingerprint density at radius 1 is 0.513 bits per heavy atom. The SMILES string of the molecule is CC(C)(C)c1ccc2c(c1)B1c3ccc4c(sc5ccccc54)c3N(c3ccc(C(C)(C)C)cc3-c3ccccc3)c3cc(N4c5ccccc5C5(C)CCCCC45C)cc(c31)N2c1cccc2c1oc1ccccc12. The molecule has 0 N–H and O–H groups in total. The van der Waals surface area contributed by atoms with Crippen LogP contribution in [0.4, 0.5) is 45.5 Å². The summed E-state index contributed by atoms with van der Waals surface area (Å²) in [5, 5.41) is 4.86. The summed E-state index contributed by atoms with van der Waals surface area (Å²) in [4.78, 5) is 8.11. The summed E-state index contributed by atoms with van der Waals surface area (Å²) < 4.78 is 9.71. The molecule has 76 heavy (non-hydrogen) atoms. The van der Waals surface area contributed by atoms with Crippen molar-refractivity contribution in [2.45, 2.75) is 103 Å². The van der Waals surface area contributed by atoms with Crippen LogP contribution in [0.2, 0.25) is 0 Å². The van der Waals surface area contributed by atoms with E-state index in [1.54, 1.807) is 0 Å². The molecular weight excluding hydrogens is 942 g/mol. The van der Waals surface area contributed by atoms with Gasteiger partial charge in [0.1, 0.15) is 5.58 Å². The van der Waals surface area contributed by atoms with Gasteiger partial charge in [-0.2, -0.15) is 0 Å². The molecule has 15 rings (SSSR count). The van der Waals surface area contributed by atoms with E-state index in [4.69, 9.17) is 4.42 Å². The van der Waals surface area contributed by atoms with Gasteiger partial charge in [-0.3, -0.25) is 0 Å². The molecule has 3 aliphatic heterocycles. The normalized spacial score (nSPS) is 18.8. The predicted molar refractivity (Wildman–Crippen MR) is 326 cm³/mol. The number of para-hydroxylation sites is 3. The van der Waals surface area contributed by atoms with Gasteiger partial charge >= 0.3 is 0 Å². The van der Waals surface area contributed by atoms with Gasteiger partial charge in [0.25, 0.3) is 6.71 Å². The maximum atomic E-state index is 7.08. The third-order valence-corrected chi connectivity index (χ3v) is 19.7. The Balaban J connectivity index is 1.13. The molecule has 2 unspecified atom stereocenters. The van der Waals surface area contributed by atoms with E-state index in [-0.39, 0.29) is 28.5 Å². The van der Waals surface area contributed by atoms with Crippen molar-refractivity contribution in [3.8, 4) is 11.1 Å². The second-order valence-electron chi connectivity index (χ2n) is 24.8. The third-order valence-electron chi connectivity index (χ3n) is 18.5. The lowest BCUT2D eigenvalue weighted by molar-refractivity contribution is 0.195. The van der Waals surface area contributed by atoms with Crippen LogP contribution in [0.1, 0.15) is 97.8 Å². The maximum absolute atomic E-state index is 7.08. The zero-order valence-electron chi connectivity index (χ0n) is 44.9. The smallest absolute Gasteiger partial charge is 0.252 e. The number of anilines is 8. The predicted octanol–water partition coefficient (Wildman–Crippen LogP) is 18.0. The highest BCUT2D eigenvalue weighted by molar-refractivity contribution is 7.26. The summed E-state index contributed by atoms with van der Waals surface area (Å²) >= 11 is 1.94. The van der Waals surface area contributed by atoms with Gasteiger partial charge in [-0.1, -0.05) is 189 Å². The first-order valence-electron chi connectivity index (χ1n) is 27.6. The summed E-state index contributed by atoms with van der Waals surface area (Å²) in [5.74, 6) is 0. The lowest BCUT2D eigenvalue weighted by Gasteiger charge is -2.51. The van der Waals surface area contributed by atoms with E-state index in [0.29, 0.717) is 0 Å². The molecule has 0 amide bonds. The minimum atomic E-state index is -0.174.